The Bertz CT molecular complexity index is 1700. The van der Waals surface area contributed by atoms with Crippen LogP contribution in [0.3, 0.4) is 0 Å². The molecule has 0 atom stereocenters. The second-order valence-electron chi connectivity index (χ2n) is 10.5. The maximum Gasteiger partial charge on any atom is 0.324 e. The van der Waals surface area contributed by atoms with Gasteiger partial charge in [0.1, 0.15) is 35.9 Å². The number of nitriles is 2. The minimum absolute atomic E-state index is 0.0236. The van der Waals surface area contributed by atoms with Gasteiger partial charge in [-0.2, -0.15) is 15.6 Å². The van der Waals surface area contributed by atoms with Crippen molar-refractivity contribution in [2.75, 3.05) is 35.4 Å². The van der Waals surface area contributed by atoms with Crippen LogP contribution in [0.1, 0.15) is 43.2 Å². The predicted molar refractivity (Wildman–Crippen MR) is 156 cm³/mol. The fourth-order valence-corrected chi connectivity index (χ4v) is 3.95. The van der Waals surface area contributed by atoms with Gasteiger partial charge in [0.15, 0.2) is 5.56 Å². The number of hydrogen-bond donors (Lipinski definition) is 3. The molecule has 0 aliphatic rings. The number of aryl methyl sites for hydroxylation is 1. The highest BCUT2D eigenvalue weighted by Gasteiger charge is 2.22. The molecule has 4 aromatic rings. The van der Waals surface area contributed by atoms with E-state index in [1.165, 1.54) is 6.33 Å². The molecule has 12 heteroatoms. The highest BCUT2D eigenvalue weighted by Crippen LogP contribution is 2.30. The summed E-state index contributed by atoms with van der Waals surface area (Å²) < 4.78 is 7.36. The zero-order valence-corrected chi connectivity index (χ0v) is 23.6. The van der Waals surface area contributed by atoms with E-state index >= 15 is 0 Å². The Morgan fingerprint density at radius 1 is 1.05 bits per heavy atom. The Labute approximate surface area is 238 Å². The molecule has 0 radical (unpaired) electrons. The third kappa shape index (κ3) is 6.18. The number of nitrogens with two attached hydrogens (primary N) is 1. The molecule has 2 aromatic heterocycles. The van der Waals surface area contributed by atoms with Gasteiger partial charge in [-0.05, 0) is 48.9 Å². The zero-order valence-electron chi connectivity index (χ0n) is 23.6. The van der Waals surface area contributed by atoms with Crippen LogP contribution in [0.25, 0.3) is 5.69 Å². The number of carbonyl (C=O) groups is 1. The molecule has 0 aliphatic heterocycles. The Morgan fingerprint density at radius 3 is 2.44 bits per heavy atom. The molecule has 41 heavy (non-hydrogen) atoms. The van der Waals surface area contributed by atoms with E-state index in [2.05, 4.69) is 26.7 Å². The van der Waals surface area contributed by atoms with Crippen LogP contribution in [-0.2, 0) is 5.41 Å². The Kier molecular flexibility index (Phi) is 7.78. The molecule has 0 unspecified atom stereocenters. The average molecular weight is 551 g/mol. The lowest BCUT2D eigenvalue weighted by atomic mass is 9.92. The number of nitrogens with zero attached hydrogens (tertiary/aromatic N) is 7. The van der Waals surface area contributed by atoms with E-state index in [9.17, 15) is 15.3 Å². The first-order valence-corrected chi connectivity index (χ1v) is 12.6. The number of rotatable bonds is 6. The third-order valence-corrected chi connectivity index (χ3v) is 6.16. The van der Waals surface area contributed by atoms with Gasteiger partial charge < -0.3 is 20.7 Å². The van der Waals surface area contributed by atoms with Crippen LogP contribution in [0.4, 0.5) is 27.8 Å². The van der Waals surface area contributed by atoms with Crippen molar-refractivity contribution in [3.63, 3.8) is 0 Å². The maximum absolute atomic E-state index is 13.1. The third-order valence-electron chi connectivity index (χ3n) is 6.16. The lowest BCUT2D eigenvalue weighted by molar-refractivity contribution is 0.262. The minimum Gasteiger partial charge on any atom is -0.437 e. The molecular formula is C29H30N10O2. The Hall–Kier alpha value is -5.62. The summed E-state index contributed by atoms with van der Waals surface area (Å²) in [6.45, 7) is 7.89. The summed E-state index contributed by atoms with van der Waals surface area (Å²) in [7, 11) is 3.74. The SMILES string of the molecule is Cc1cc(Oc2ncnc(N)c2C#N)ccc1NC(=O)Nc1cc(C(C)(C)C)nn1-c1ccc(N(C)C)c(C#N)c1. The number of ether oxygens (including phenoxy) is 1. The summed E-state index contributed by atoms with van der Waals surface area (Å²) in [6, 6.07) is 16.0. The number of anilines is 4. The second-order valence-corrected chi connectivity index (χ2v) is 10.5. The van der Waals surface area contributed by atoms with Gasteiger partial charge in [0.05, 0.1) is 22.6 Å². The molecule has 0 spiro atoms. The molecule has 4 N–H and O–H groups in total. The molecule has 0 fully saturated rings. The van der Waals surface area contributed by atoms with Crippen molar-refractivity contribution in [2.24, 2.45) is 0 Å². The number of nitrogen functional groups attached to an aromatic ring is 1. The lowest BCUT2D eigenvalue weighted by Crippen LogP contribution is -2.22. The number of aromatic nitrogens is 4. The van der Waals surface area contributed by atoms with Gasteiger partial charge in [0.25, 0.3) is 0 Å². The fraction of sp³-hybridized carbons (Fsp3) is 0.241. The van der Waals surface area contributed by atoms with E-state index in [0.717, 1.165) is 11.4 Å². The molecule has 2 aromatic carbocycles. The molecule has 0 saturated heterocycles. The van der Waals surface area contributed by atoms with Crippen LogP contribution < -0.4 is 26.0 Å². The van der Waals surface area contributed by atoms with E-state index in [4.69, 9.17) is 15.6 Å². The van der Waals surface area contributed by atoms with Crippen LogP contribution in [-0.4, -0.2) is 39.9 Å². The molecule has 0 bridgehead atoms. The number of benzene rings is 2. The van der Waals surface area contributed by atoms with Crippen LogP contribution in [0.15, 0.2) is 48.8 Å². The summed E-state index contributed by atoms with van der Waals surface area (Å²) in [6.07, 6.45) is 1.21. The van der Waals surface area contributed by atoms with Crippen LogP contribution in [0.5, 0.6) is 11.6 Å². The van der Waals surface area contributed by atoms with Gasteiger partial charge in [-0.3, -0.25) is 5.32 Å². The monoisotopic (exact) mass is 550 g/mol. The maximum atomic E-state index is 13.1. The van der Waals surface area contributed by atoms with E-state index in [-0.39, 0.29) is 22.7 Å². The van der Waals surface area contributed by atoms with Gasteiger partial charge in [0.2, 0.25) is 5.88 Å². The van der Waals surface area contributed by atoms with Gasteiger partial charge in [-0.25, -0.2) is 19.4 Å². The smallest absolute Gasteiger partial charge is 0.324 e. The standard InChI is InChI=1S/C29H30N10O2/c1-17-11-20(41-27-21(15-31)26(32)33-16-34-27)8-9-22(17)35-28(40)36-25-13-24(29(2,3)4)37-39(25)19-7-10-23(38(5)6)18(12-19)14-30/h7-13,16H,1-6H3,(H2,32,33,34)(H2,35,36,40). The fourth-order valence-electron chi connectivity index (χ4n) is 3.95. The van der Waals surface area contributed by atoms with Crippen LogP contribution in [0, 0.1) is 29.6 Å². The summed E-state index contributed by atoms with van der Waals surface area (Å²) in [5.41, 5.74) is 9.41. The topological polar surface area (TPSA) is 171 Å². The lowest BCUT2D eigenvalue weighted by Gasteiger charge is -2.16. The highest BCUT2D eigenvalue weighted by molar-refractivity contribution is 6.00. The molecule has 0 aliphatic carbocycles. The molecule has 208 valence electrons. The first-order chi connectivity index (χ1) is 19.4. The van der Waals surface area contributed by atoms with Crippen molar-refractivity contribution < 1.29 is 9.53 Å². The normalized spacial score (nSPS) is 10.8. The quantitative estimate of drug-likeness (QED) is 0.295. The Balaban J connectivity index is 1.58. The molecule has 4 rings (SSSR count). The number of carbonyl (C=O) groups excluding carboxylic acids is 1. The summed E-state index contributed by atoms with van der Waals surface area (Å²) in [5.74, 6) is 0.914. The number of amides is 2. The molecule has 0 saturated carbocycles. The number of urea groups is 1. The van der Waals surface area contributed by atoms with E-state index < -0.39 is 6.03 Å². The Morgan fingerprint density at radius 2 is 1.80 bits per heavy atom. The molecule has 2 amide bonds. The van der Waals surface area contributed by atoms with Gasteiger partial charge in [-0.15, -0.1) is 0 Å². The highest BCUT2D eigenvalue weighted by atomic mass is 16.5. The van der Waals surface area contributed by atoms with Crippen molar-refractivity contribution in [3.05, 3.63) is 71.2 Å². The molecule has 12 nitrogen and oxygen atoms in total. The van der Waals surface area contributed by atoms with Gasteiger partial charge in [-0.1, -0.05) is 20.8 Å². The van der Waals surface area contributed by atoms with Crippen molar-refractivity contribution in [1.82, 2.24) is 19.7 Å². The van der Waals surface area contributed by atoms with Crippen molar-refractivity contribution in [2.45, 2.75) is 33.1 Å². The van der Waals surface area contributed by atoms with Crippen molar-refractivity contribution >= 4 is 29.0 Å². The average Bonchev–Trinajstić information content (AvgIpc) is 3.34. The first kappa shape index (κ1) is 28.4. The minimum atomic E-state index is -0.482. The number of nitrogens with one attached hydrogen (secondary N) is 2. The summed E-state index contributed by atoms with van der Waals surface area (Å²) in [4.78, 5) is 22.8. The van der Waals surface area contributed by atoms with Crippen LogP contribution in [0.2, 0.25) is 0 Å². The summed E-state index contributed by atoms with van der Waals surface area (Å²) >= 11 is 0. The summed E-state index contributed by atoms with van der Waals surface area (Å²) in [5, 5.41) is 29.5. The van der Waals surface area contributed by atoms with E-state index in [1.54, 1.807) is 35.9 Å². The van der Waals surface area contributed by atoms with Crippen molar-refractivity contribution in [3.8, 4) is 29.5 Å². The van der Waals surface area contributed by atoms with Gasteiger partial charge >= 0.3 is 6.03 Å². The van der Waals surface area contributed by atoms with E-state index in [0.29, 0.717) is 34.1 Å². The molecular weight excluding hydrogens is 520 g/mol. The molecule has 2 heterocycles. The predicted octanol–water partition coefficient (Wildman–Crippen LogP) is 5.10. The first-order valence-electron chi connectivity index (χ1n) is 12.6. The van der Waals surface area contributed by atoms with E-state index in [1.807, 2.05) is 64.0 Å². The second kappa shape index (κ2) is 11.2. The largest absolute Gasteiger partial charge is 0.437 e. The zero-order chi connectivity index (χ0) is 29.9. The van der Waals surface area contributed by atoms with Gasteiger partial charge in [0, 0.05) is 31.3 Å². The van der Waals surface area contributed by atoms with Crippen molar-refractivity contribution in [1.29, 1.82) is 10.5 Å². The van der Waals surface area contributed by atoms with Crippen LogP contribution >= 0.6 is 0 Å². The number of hydrogen-bond acceptors (Lipinski definition) is 9.